The van der Waals surface area contributed by atoms with E-state index in [-0.39, 0.29) is 18.0 Å². The van der Waals surface area contributed by atoms with Gasteiger partial charge in [-0.15, -0.1) is 0 Å². The first-order valence-electron chi connectivity index (χ1n) is 4.67. The monoisotopic (exact) mass is 246 g/mol. The van der Waals surface area contributed by atoms with Crippen LogP contribution in [0, 0.1) is 5.82 Å². The minimum absolute atomic E-state index is 0.0781. The molecule has 1 nitrogen and oxygen atoms in total. The highest BCUT2D eigenvalue weighted by molar-refractivity contribution is 7.99. The Labute approximate surface area is 98.0 Å². The van der Waals surface area contributed by atoms with Gasteiger partial charge in [0.25, 0.3) is 0 Å². The summed E-state index contributed by atoms with van der Waals surface area (Å²) in [5, 5.41) is 0.450. The molecule has 4 heteroatoms. The van der Waals surface area contributed by atoms with Gasteiger partial charge in [0, 0.05) is 11.4 Å². The fourth-order valence-electron chi connectivity index (χ4n) is 1.16. The van der Waals surface area contributed by atoms with E-state index in [0.717, 1.165) is 5.75 Å². The van der Waals surface area contributed by atoms with Crippen LogP contribution >= 0.6 is 23.4 Å². The van der Waals surface area contributed by atoms with E-state index in [0.29, 0.717) is 16.3 Å². The third-order valence-electron chi connectivity index (χ3n) is 1.86. The highest BCUT2D eigenvalue weighted by Gasteiger charge is 2.08. The fourth-order valence-corrected chi connectivity index (χ4v) is 1.88. The van der Waals surface area contributed by atoms with Gasteiger partial charge in [0.05, 0.1) is 5.75 Å². The molecule has 0 fully saturated rings. The molecule has 1 aromatic rings. The highest BCUT2D eigenvalue weighted by Crippen LogP contribution is 2.18. The van der Waals surface area contributed by atoms with Crippen molar-refractivity contribution in [2.24, 2.45) is 0 Å². The van der Waals surface area contributed by atoms with E-state index in [9.17, 15) is 9.18 Å². The molecule has 0 bridgehead atoms. The first kappa shape index (κ1) is 12.5. The second-order valence-corrected chi connectivity index (χ2v) is 4.77. The molecule has 0 unspecified atom stereocenters. The van der Waals surface area contributed by atoms with Crippen LogP contribution in [0.25, 0.3) is 0 Å². The summed E-state index contributed by atoms with van der Waals surface area (Å²) < 4.78 is 12.9. The minimum Gasteiger partial charge on any atom is -0.298 e. The summed E-state index contributed by atoms with van der Waals surface area (Å²) in [5.74, 6) is 1.09. The number of carbonyl (C=O) groups excluding carboxylic acids is 1. The number of carbonyl (C=O) groups is 1. The largest absolute Gasteiger partial charge is 0.298 e. The highest BCUT2D eigenvalue weighted by atomic mass is 35.5. The van der Waals surface area contributed by atoms with Crippen LogP contribution in [0.5, 0.6) is 0 Å². The Kier molecular flexibility index (Phi) is 5.12. The summed E-state index contributed by atoms with van der Waals surface area (Å²) in [5.41, 5.74) is 0.568. The van der Waals surface area contributed by atoms with Gasteiger partial charge in [-0.3, -0.25) is 4.79 Å². The van der Waals surface area contributed by atoms with Gasteiger partial charge in [-0.2, -0.15) is 11.8 Å². The van der Waals surface area contributed by atoms with Crippen molar-refractivity contribution in [1.29, 1.82) is 0 Å². The summed E-state index contributed by atoms with van der Waals surface area (Å²) in [6, 6.07) is 4.08. The van der Waals surface area contributed by atoms with Crippen molar-refractivity contribution in [2.75, 3.05) is 11.5 Å². The quantitative estimate of drug-likeness (QED) is 0.793. The smallest absolute Gasteiger partial charge is 0.147 e. The standard InChI is InChI=1S/C11H12ClFOS/c1-2-15-7-10(14)6-8-5-9(13)3-4-11(8)12/h3-5H,2,6-7H2,1H3. The first-order chi connectivity index (χ1) is 7.13. The van der Waals surface area contributed by atoms with E-state index in [4.69, 9.17) is 11.6 Å². The van der Waals surface area contributed by atoms with Gasteiger partial charge in [-0.25, -0.2) is 4.39 Å². The number of hydrogen-bond acceptors (Lipinski definition) is 2. The molecule has 0 aliphatic heterocycles. The molecule has 0 radical (unpaired) electrons. The molecule has 15 heavy (non-hydrogen) atoms. The van der Waals surface area contributed by atoms with Crippen LogP contribution in [0.1, 0.15) is 12.5 Å². The number of hydrogen-bond donors (Lipinski definition) is 0. The van der Waals surface area contributed by atoms with E-state index < -0.39 is 0 Å². The van der Waals surface area contributed by atoms with Crippen molar-refractivity contribution in [3.63, 3.8) is 0 Å². The summed E-state index contributed by atoms with van der Waals surface area (Å²) >= 11 is 7.41. The average molecular weight is 247 g/mol. The molecule has 0 spiro atoms. The molecule has 1 rings (SSSR count). The first-order valence-corrected chi connectivity index (χ1v) is 6.20. The number of benzene rings is 1. The zero-order valence-corrected chi connectivity index (χ0v) is 10.00. The zero-order chi connectivity index (χ0) is 11.3. The Bertz CT molecular complexity index is 354. The van der Waals surface area contributed by atoms with Gasteiger partial charge in [-0.1, -0.05) is 18.5 Å². The summed E-state index contributed by atoms with van der Waals surface area (Å²) in [6.45, 7) is 1.99. The number of Topliss-reactive ketones (excluding diaryl/α,β-unsaturated/α-hetero) is 1. The third-order valence-corrected chi connectivity index (χ3v) is 3.17. The zero-order valence-electron chi connectivity index (χ0n) is 8.43. The van der Waals surface area contributed by atoms with Crippen molar-refractivity contribution in [3.8, 4) is 0 Å². The lowest BCUT2D eigenvalue weighted by Crippen LogP contribution is -2.06. The van der Waals surface area contributed by atoms with Crippen molar-refractivity contribution in [1.82, 2.24) is 0 Å². The lowest BCUT2D eigenvalue weighted by atomic mass is 10.1. The Hall–Kier alpha value is -0.540. The van der Waals surface area contributed by atoms with Gasteiger partial charge in [0.15, 0.2) is 0 Å². The molecule has 0 N–H and O–H groups in total. The van der Waals surface area contributed by atoms with Crippen LogP contribution in [0.4, 0.5) is 4.39 Å². The second kappa shape index (κ2) is 6.13. The summed E-state index contributed by atoms with van der Waals surface area (Å²) in [6.07, 6.45) is 0.212. The number of rotatable bonds is 5. The summed E-state index contributed by atoms with van der Waals surface area (Å²) in [7, 11) is 0. The van der Waals surface area contributed by atoms with Crippen LogP contribution < -0.4 is 0 Å². The van der Waals surface area contributed by atoms with E-state index in [1.165, 1.54) is 18.2 Å². The molecule has 0 amide bonds. The van der Waals surface area contributed by atoms with E-state index >= 15 is 0 Å². The maximum atomic E-state index is 12.9. The van der Waals surface area contributed by atoms with Crippen LogP contribution in [0.3, 0.4) is 0 Å². The van der Waals surface area contributed by atoms with Gasteiger partial charge >= 0.3 is 0 Å². The van der Waals surface area contributed by atoms with Gasteiger partial charge in [0.2, 0.25) is 0 Å². The van der Waals surface area contributed by atoms with Crippen LogP contribution in [0.15, 0.2) is 18.2 Å². The van der Waals surface area contributed by atoms with Crippen molar-refractivity contribution in [3.05, 3.63) is 34.6 Å². The molecule has 0 aliphatic rings. The normalized spacial score (nSPS) is 10.3. The molecular weight excluding hydrogens is 235 g/mol. The van der Waals surface area contributed by atoms with Gasteiger partial charge in [-0.05, 0) is 29.5 Å². The maximum Gasteiger partial charge on any atom is 0.147 e. The third kappa shape index (κ3) is 4.22. The topological polar surface area (TPSA) is 17.1 Å². The predicted octanol–water partition coefficient (Wildman–Crippen LogP) is 3.34. The maximum absolute atomic E-state index is 12.9. The molecular formula is C11H12ClFOS. The van der Waals surface area contributed by atoms with Crippen molar-refractivity contribution >= 4 is 29.1 Å². The average Bonchev–Trinajstić information content (AvgIpc) is 2.20. The summed E-state index contributed by atoms with van der Waals surface area (Å²) in [4.78, 5) is 11.4. The molecule has 0 saturated heterocycles. The van der Waals surface area contributed by atoms with Gasteiger partial charge in [0.1, 0.15) is 11.6 Å². The Morgan fingerprint density at radius 2 is 2.27 bits per heavy atom. The number of halogens is 2. The molecule has 1 aromatic carbocycles. The second-order valence-electron chi connectivity index (χ2n) is 3.09. The van der Waals surface area contributed by atoms with E-state index in [1.54, 1.807) is 11.8 Å². The van der Waals surface area contributed by atoms with Gasteiger partial charge < -0.3 is 0 Å². The SMILES string of the molecule is CCSCC(=O)Cc1cc(F)ccc1Cl. The molecule has 0 heterocycles. The van der Waals surface area contributed by atoms with E-state index in [2.05, 4.69) is 0 Å². The van der Waals surface area contributed by atoms with Crippen LogP contribution in [-0.4, -0.2) is 17.3 Å². The van der Waals surface area contributed by atoms with Crippen LogP contribution in [-0.2, 0) is 11.2 Å². The van der Waals surface area contributed by atoms with Crippen molar-refractivity contribution < 1.29 is 9.18 Å². The minimum atomic E-state index is -0.356. The number of ketones is 1. The lowest BCUT2D eigenvalue weighted by Gasteiger charge is -2.03. The van der Waals surface area contributed by atoms with Crippen LogP contribution in [0.2, 0.25) is 5.02 Å². The predicted molar refractivity (Wildman–Crippen MR) is 63.1 cm³/mol. The molecule has 0 aromatic heterocycles. The molecule has 0 saturated carbocycles. The molecule has 82 valence electrons. The Morgan fingerprint density at radius 3 is 2.93 bits per heavy atom. The Balaban J connectivity index is 2.63. The number of thioether (sulfide) groups is 1. The molecule has 0 atom stereocenters. The van der Waals surface area contributed by atoms with E-state index in [1.807, 2.05) is 6.92 Å². The fraction of sp³-hybridized carbons (Fsp3) is 0.364. The van der Waals surface area contributed by atoms with Crippen molar-refractivity contribution in [2.45, 2.75) is 13.3 Å². The lowest BCUT2D eigenvalue weighted by molar-refractivity contribution is -0.116. The Morgan fingerprint density at radius 1 is 1.53 bits per heavy atom. The molecule has 0 aliphatic carbocycles.